The molecule has 1 aromatic heterocycles. The summed E-state index contributed by atoms with van der Waals surface area (Å²) >= 11 is 1.63. The maximum Gasteiger partial charge on any atom is 0.180 e. The number of hydrogen-bond acceptors (Lipinski definition) is 5. The lowest BCUT2D eigenvalue weighted by atomic mass is 10.1. The molecular formula is C16H20N4S. The summed E-state index contributed by atoms with van der Waals surface area (Å²) in [6.45, 7) is 3.03. The molecule has 0 saturated heterocycles. The van der Waals surface area contributed by atoms with E-state index in [0.29, 0.717) is 5.13 Å². The molecule has 1 aromatic carbocycles. The van der Waals surface area contributed by atoms with Gasteiger partial charge in [-0.25, -0.2) is 4.98 Å². The van der Waals surface area contributed by atoms with Crippen molar-refractivity contribution in [2.75, 3.05) is 31.1 Å². The summed E-state index contributed by atoms with van der Waals surface area (Å²) < 4.78 is 0. The first-order valence-corrected chi connectivity index (χ1v) is 8.01. The van der Waals surface area contributed by atoms with Crippen LogP contribution in [-0.2, 0) is 12.8 Å². The van der Waals surface area contributed by atoms with Crippen LogP contribution in [-0.4, -0.2) is 29.5 Å². The van der Waals surface area contributed by atoms with E-state index in [1.54, 1.807) is 11.3 Å². The van der Waals surface area contributed by atoms with Gasteiger partial charge < -0.3 is 11.5 Å². The van der Waals surface area contributed by atoms with Crippen molar-refractivity contribution in [3.05, 3.63) is 46.5 Å². The van der Waals surface area contributed by atoms with E-state index >= 15 is 0 Å². The zero-order valence-electron chi connectivity index (χ0n) is 12.0. The van der Waals surface area contributed by atoms with E-state index in [2.05, 4.69) is 22.0 Å². The maximum absolute atomic E-state index is 5.94. The van der Waals surface area contributed by atoms with Gasteiger partial charge in [0.05, 0.1) is 5.69 Å². The lowest BCUT2D eigenvalue weighted by Crippen LogP contribution is -2.26. The van der Waals surface area contributed by atoms with Crippen molar-refractivity contribution in [2.24, 2.45) is 0 Å². The van der Waals surface area contributed by atoms with Crippen LogP contribution >= 0.6 is 11.3 Å². The van der Waals surface area contributed by atoms with Crippen molar-refractivity contribution in [3.63, 3.8) is 0 Å². The van der Waals surface area contributed by atoms with Crippen molar-refractivity contribution >= 4 is 28.2 Å². The van der Waals surface area contributed by atoms with Gasteiger partial charge in [-0.15, -0.1) is 11.3 Å². The number of rotatable bonds is 3. The molecule has 21 heavy (non-hydrogen) atoms. The summed E-state index contributed by atoms with van der Waals surface area (Å²) in [7, 11) is 0. The second-order valence-corrected chi connectivity index (χ2v) is 6.37. The van der Waals surface area contributed by atoms with Gasteiger partial charge >= 0.3 is 0 Å². The predicted molar refractivity (Wildman–Crippen MR) is 90.3 cm³/mol. The lowest BCUT2D eigenvalue weighted by molar-refractivity contribution is 0.318. The Morgan fingerprint density at radius 3 is 2.86 bits per heavy atom. The fourth-order valence-corrected chi connectivity index (χ4v) is 3.47. The Bertz CT molecular complexity index is 622. The van der Waals surface area contributed by atoms with E-state index in [0.717, 1.165) is 43.7 Å². The molecule has 1 aliphatic heterocycles. The third-order valence-electron chi connectivity index (χ3n) is 3.77. The second-order valence-electron chi connectivity index (χ2n) is 5.25. The minimum atomic E-state index is 0.702. The standard InChI is InChI=1S/C16H20N4S/c17-13-6-2-1-4-12(13)5-3-9-20-10-7-14-15(8-11-20)21-16(18)19-14/h1-6H,7-11,17H2,(H2,18,19)/b5-3+. The molecule has 110 valence electrons. The molecule has 0 atom stereocenters. The average Bonchev–Trinajstić information content (AvgIpc) is 2.73. The summed E-state index contributed by atoms with van der Waals surface area (Å²) in [5, 5.41) is 0.702. The molecule has 0 radical (unpaired) electrons. The first-order chi connectivity index (χ1) is 10.2. The number of nitrogens with two attached hydrogens (primary N) is 2. The van der Waals surface area contributed by atoms with Gasteiger partial charge in [-0.1, -0.05) is 30.4 Å². The lowest BCUT2D eigenvalue weighted by Gasteiger charge is -2.17. The molecule has 2 heterocycles. The highest BCUT2D eigenvalue weighted by molar-refractivity contribution is 7.15. The first-order valence-electron chi connectivity index (χ1n) is 7.20. The molecule has 3 rings (SSSR count). The zero-order chi connectivity index (χ0) is 14.7. The van der Waals surface area contributed by atoms with Crippen LogP contribution in [0, 0.1) is 0 Å². The molecule has 4 nitrogen and oxygen atoms in total. The van der Waals surface area contributed by atoms with E-state index in [1.807, 2.05) is 24.3 Å². The van der Waals surface area contributed by atoms with E-state index < -0.39 is 0 Å². The monoisotopic (exact) mass is 300 g/mol. The molecule has 1 aliphatic rings. The topological polar surface area (TPSA) is 68.2 Å². The van der Waals surface area contributed by atoms with Crippen molar-refractivity contribution in [1.29, 1.82) is 0 Å². The summed E-state index contributed by atoms with van der Waals surface area (Å²) in [4.78, 5) is 8.22. The number of nitrogens with zero attached hydrogens (tertiary/aromatic N) is 2. The molecule has 0 amide bonds. The van der Waals surface area contributed by atoms with E-state index in [4.69, 9.17) is 11.5 Å². The van der Waals surface area contributed by atoms with Crippen LogP contribution < -0.4 is 11.5 Å². The number of para-hydroxylation sites is 1. The number of anilines is 2. The minimum absolute atomic E-state index is 0.702. The maximum atomic E-state index is 5.94. The Morgan fingerprint density at radius 1 is 1.19 bits per heavy atom. The van der Waals surface area contributed by atoms with Crippen molar-refractivity contribution < 1.29 is 0 Å². The molecule has 0 saturated carbocycles. The van der Waals surface area contributed by atoms with Gasteiger partial charge in [0.25, 0.3) is 0 Å². The summed E-state index contributed by atoms with van der Waals surface area (Å²) in [6, 6.07) is 7.94. The molecule has 0 fully saturated rings. The Labute approximate surface area is 129 Å². The Balaban J connectivity index is 1.58. The average molecular weight is 300 g/mol. The van der Waals surface area contributed by atoms with E-state index in [1.165, 1.54) is 10.6 Å². The van der Waals surface area contributed by atoms with Crippen molar-refractivity contribution in [1.82, 2.24) is 9.88 Å². The predicted octanol–water partition coefficient (Wildman–Crippen LogP) is 2.42. The first kappa shape index (κ1) is 14.1. The van der Waals surface area contributed by atoms with Crippen LogP contribution in [0.25, 0.3) is 6.08 Å². The number of thiazole rings is 1. The largest absolute Gasteiger partial charge is 0.398 e. The van der Waals surface area contributed by atoms with Crippen LogP contribution in [0.5, 0.6) is 0 Å². The van der Waals surface area contributed by atoms with Crippen molar-refractivity contribution in [3.8, 4) is 0 Å². The van der Waals surface area contributed by atoms with Gasteiger partial charge in [0.1, 0.15) is 0 Å². The van der Waals surface area contributed by atoms with Crippen LogP contribution in [0.4, 0.5) is 10.8 Å². The van der Waals surface area contributed by atoms with Crippen LogP contribution in [0.3, 0.4) is 0 Å². The molecule has 5 heteroatoms. The van der Waals surface area contributed by atoms with Crippen LogP contribution in [0.15, 0.2) is 30.3 Å². The molecule has 0 aliphatic carbocycles. The molecule has 4 N–H and O–H groups in total. The Kier molecular flexibility index (Phi) is 4.22. The Hall–Kier alpha value is -1.85. The quantitative estimate of drug-likeness (QED) is 0.854. The summed E-state index contributed by atoms with van der Waals surface area (Å²) in [5.74, 6) is 0. The Morgan fingerprint density at radius 2 is 2.00 bits per heavy atom. The zero-order valence-corrected chi connectivity index (χ0v) is 12.8. The molecule has 0 unspecified atom stereocenters. The third-order valence-corrected chi connectivity index (χ3v) is 4.76. The number of benzene rings is 1. The van der Waals surface area contributed by atoms with Gasteiger partial charge in [0.15, 0.2) is 5.13 Å². The number of fused-ring (bicyclic) bond motifs is 1. The molecular weight excluding hydrogens is 280 g/mol. The highest BCUT2D eigenvalue weighted by atomic mass is 32.1. The molecule has 0 spiro atoms. The SMILES string of the molecule is Nc1nc2c(s1)CCN(C/C=C/c1ccccc1N)CC2. The normalized spacial score (nSPS) is 16.0. The highest BCUT2D eigenvalue weighted by Gasteiger charge is 2.16. The smallest absolute Gasteiger partial charge is 0.180 e. The van der Waals surface area contributed by atoms with Crippen molar-refractivity contribution in [2.45, 2.75) is 12.8 Å². The van der Waals surface area contributed by atoms with Crippen LogP contribution in [0.1, 0.15) is 16.1 Å². The van der Waals surface area contributed by atoms with Gasteiger partial charge in [-0.2, -0.15) is 0 Å². The minimum Gasteiger partial charge on any atom is -0.398 e. The number of aromatic nitrogens is 1. The van der Waals surface area contributed by atoms with Gasteiger partial charge in [0, 0.05) is 36.6 Å². The fraction of sp³-hybridized carbons (Fsp3) is 0.312. The van der Waals surface area contributed by atoms with Gasteiger partial charge in [0.2, 0.25) is 0 Å². The van der Waals surface area contributed by atoms with Gasteiger partial charge in [-0.05, 0) is 18.1 Å². The summed E-state index contributed by atoms with van der Waals surface area (Å²) in [5.41, 5.74) is 14.8. The molecule has 2 aromatic rings. The summed E-state index contributed by atoms with van der Waals surface area (Å²) in [6.07, 6.45) is 6.33. The van der Waals surface area contributed by atoms with Gasteiger partial charge in [-0.3, -0.25) is 4.90 Å². The second kappa shape index (κ2) is 6.28. The van der Waals surface area contributed by atoms with E-state index in [9.17, 15) is 0 Å². The van der Waals surface area contributed by atoms with Crippen LogP contribution in [0.2, 0.25) is 0 Å². The van der Waals surface area contributed by atoms with E-state index in [-0.39, 0.29) is 0 Å². The third kappa shape index (κ3) is 3.43. The highest BCUT2D eigenvalue weighted by Crippen LogP contribution is 2.24. The number of nitrogen functional groups attached to an aromatic ring is 2. The number of hydrogen-bond donors (Lipinski definition) is 2. The molecule has 0 bridgehead atoms. The fourth-order valence-electron chi connectivity index (χ4n) is 2.60.